The first-order chi connectivity index (χ1) is 8.08. The van der Waals surface area contributed by atoms with E-state index in [0.29, 0.717) is 6.04 Å². The molecule has 1 fully saturated rings. The van der Waals surface area contributed by atoms with Gasteiger partial charge in [-0.2, -0.15) is 5.10 Å². The van der Waals surface area contributed by atoms with Crippen molar-refractivity contribution in [3.8, 4) is 0 Å². The first-order valence-electron chi connectivity index (χ1n) is 6.30. The van der Waals surface area contributed by atoms with Crippen molar-refractivity contribution in [3.05, 3.63) is 11.8 Å². The van der Waals surface area contributed by atoms with Crippen molar-refractivity contribution in [1.82, 2.24) is 19.6 Å². The average molecular weight is 237 g/mol. The van der Waals surface area contributed by atoms with Crippen molar-refractivity contribution >= 4 is 5.82 Å². The van der Waals surface area contributed by atoms with Crippen molar-refractivity contribution in [2.75, 3.05) is 39.0 Å². The quantitative estimate of drug-likeness (QED) is 0.844. The van der Waals surface area contributed by atoms with E-state index in [2.05, 4.69) is 35.8 Å². The molecule has 0 atom stereocenters. The van der Waals surface area contributed by atoms with Gasteiger partial charge in [0, 0.05) is 44.3 Å². The van der Waals surface area contributed by atoms with Crippen LogP contribution >= 0.6 is 0 Å². The fourth-order valence-electron chi connectivity index (χ4n) is 2.19. The molecule has 0 saturated carbocycles. The van der Waals surface area contributed by atoms with Crippen molar-refractivity contribution in [2.45, 2.75) is 26.4 Å². The molecule has 2 heterocycles. The Kier molecular flexibility index (Phi) is 3.69. The molecule has 1 aromatic heterocycles. The van der Waals surface area contributed by atoms with Crippen LogP contribution in [0.5, 0.6) is 0 Å². The lowest BCUT2D eigenvalue weighted by Crippen LogP contribution is -2.43. The predicted octanol–water partition coefficient (Wildman–Crippen LogP) is 0.794. The lowest BCUT2D eigenvalue weighted by atomic mass is 10.2. The number of nitrogens with two attached hydrogens (primary N) is 1. The van der Waals surface area contributed by atoms with Gasteiger partial charge in [0.15, 0.2) is 0 Å². The lowest BCUT2D eigenvalue weighted by molar-refractivity contribution is 0.148. The molecule has 5 nitrogen and oxygen atoms in total. The average Bonchev–Trinajstić information content (AvgIpc) is 2.64. The topological polar surface area (TPSA) is 50.3 Å². The van der Waals surface area contributed by atoms with Gasteiger partial charge in [0.05, 0.1) is 6.20 Å². The van der Waals surface area contributed by atoms with Gasteiger partial charge >= 0.3 is 0 Å². The van der Waals surface area contributed by atoms with Crippen LogP contribution < -0.4 is 5.73 Å². The second-order valence-corrected chi connectivity index (χ2v) is 5.17. The number of nitrogens with zero attached hydrogens (tertiary/aromatic N) is 4. The Hall–Kier alpha value is -1.07. The van der Waals surface area contributed by atoms with Crippen molar-refractivity contribution in [1.29, 1.82) is 0 Å². The Morgan fingerprint density at radius 1 is 1.29 bits per heavy atom. The monoisotopic (exact) mass is 237 g/mol. The fraction of sp³-hybridized carbons (Fsp3) is 0.750. The molecule has 0 spiro atoms. The van der Waals surface area contributed by atoms with Crippen molar-refractivity contribution in [3.63, 3.8) is 0 Å². The van der Waals surface area contributed by atoms with Gasteiger partial charge in [0.2, 0.25) is 0 Å². The number of nitrogen functional groups attached to an aromatic ring is 1. The normalized spacial score (nSPS) is 19.1. The third-order valence-electron chi connectivity index (χ3n) is 3.39. The largest absolute Gasteiger partial charge is 0.384 e. The zero-order valence-electron chi connectivity index (χ0n) is 11.1. The summed E-state index contributed by atoms with van der Waals surface area (Å²) in [5.74, 6) is 0.818. The highest BCUT2D eigenvalue weighted by molar-refractivity contribution is 5.38. The Morgan fingerprint density at radius 2 is 1.94 bits per heavy atom. The molecule has 2 rings (SSSR count). The third kappa shape index (κ3) is 2.79. The van der Waals surface area contributed by atoms with Crippen LogP contribution in [-0.4, -0.2) is 52.8 Å². The molecule has 0 amide bonds. The SMILES string of the molecule is CC(C)n1ncc(CN2CCN(C)CC2)c1N. The molecule has 1 saturated heterocycles. The van der Waals surface area contributed by atoms with E-state index in [1.807, 2.05) is 10.9 Å². The summed E-state index contributed by atoms with van der Waals surface area (Å²) in [5.41, 5.74) is 7.27. The Morgan fingerprint density at radius 3 is 2.47 bits per heavy atom. The van der Waals surface area contributed by atoms with Gasteiger partial charge in [-0.05, 0) is 20.9 Å². The van der Waals surface area contributed by atoms with Crippen LogP contribution in [0.2, 0.25) is 0 Å². The molecule has 0 bridgehead atoms. The van der Waals surface area contributed by atoms with E-state index in [0.717, 1.165) is 44.1 Å². The minimum atomic E-state index is 0.330. The van der Waals surface area contributed by atoms with Crippen LogP contribution in [0.3, 0.4) is 0 Å². The van der Waals surface area contributed by atoms with E-state index in [1.165, 1.54) is 0 Å². The molecular weight excluding hydrogens is 214 g/mol. The summed E-state index contributed by atoms with van der Waals surface area (Å²) < 4.78 is 1.89. The molecule has 0 aromatic carbocycles. The minimum absolute atomic E-state index is 0.330. The Labute approximate surface area is 103 Å². The van der Waals surface area contributed by atoms with Gasteiger partial charge in [-0.25, -0.2) is 4.68 Å². The zero-order chi connectivity index (χ0) is 12.4. The van der Waals surface area contributed by atoms with E-state index >= 15 is 0 Å². The number of rotatable bonds is 3. The Balaban J connectivity index is 1.99. The van der Waals surface area contributed by atoms with Crippen LogP contribution in [0, 0.1) is 0 Å². The van der Waals surface area contributed by atoms with E-state index in [9.17, 15) is 0 Å². The number of hydrogen-bond acceptors (Lipinski definition) is 4. The number of aromatic nitrogens is 2. The molecule has 0 radical (unpaired) electrons. The van der Waals surface area contributed by atoms with E-state index in [1.54, 1.807) is 0 Å². The summed E-state index contributed by atoms with van der Waals surface area (Å²) in [6.45, 7) is 9.63. The summed E-state index contributed by atoms with van der Waals surface area (Å²) in [6, 6.07) is 0.330. The number of hydrogen-bond donors (Lipinski definition) is 1. The van der Waals surface area contributed by atoms with Crippen LogP contribution in [-0.2, 0) is 6.54 Å². The first-order valence-corrected chi connectivity index (χ1v) is 6.30. The van der Waals surface area contributed by atoms with Crippen LogP contribution in [0.1, 0.15) is 25.5 Å². The maximum Gasteiger partial charge on any atom is 0.126 e. The van der Waals surface area contributed by atoms with Crippen LogP contribution in [0.4, 0.5) is 5.82 Å². The van der Waals surface area contributed by atoms with Gasteiger partial charge in [-0.15, -0.1) is 0 Å². The van der Waals surface area contributed by atoms with Crippen molar-refractivity contribution < 1.29 is 0 Å². The summed E-state index contributed by atoms with van der Waals surface area (Å²) >= 11 is 0. The molecule has 1 aliphatic rings. The van der Waals surface area contributed by atoms with Gasteiger partial charge in [0.1, 0.15) is 5.82 Å². The maximum absolute atomic E-state index is 6.11. The molecule has 0 aliphatic carbocycles. The Bertz CT molecular complexity index is 363. The number of likely N-dealkylation sites (N-methyl/N-ethyl adjacent to an activating group) is 1. The molecule has 1 aromatic rings. The molecule has 5 heteroatoms. The molecular formula is C12H23N5. The highest BCUT2D eigenvalue weighted by Gasteiger charge is 2.17. The predicted molar refractivity (Wildman–Crippen MR) is 69.8 cm³/mol. The molecule has 0 unspecified atom stereocenters. The van der Waals surface area contributed by atoms with E-state index in [4.69, 9.17) is 5.73 Å². The van der Waals surface area contributed by atoms with Gasteiger partial charge in [-0.3, -0.25) is 4.90 Å². The smallest absolute Gasteiger partial charge is 0.126 e. The maximum atomic E-state index is 6.11. The van der Waals surface area contributed by atoms with E-state index < -0.39 is 0 Å². The third-order valence-corrected chi connectivity index (χ3v) is 3.39. The first kappa shape index (κ1) is 12.4. The van der Waals surface area contributed by atoms with Gasteiger partial charge in [-0.1, -0.05) is 0 Å². The number of piperazine rings is 1. The highest BCUT2D eigenvalue weighted by Crippen LogP contribution is 2.18. The molecule has 17 heavy (non-hydrogen) atoms. The fourth-order valence-corrected chi connectivity index (χ4v) is 2.19. The summed E-state index contributed by atoms with van der Waals surface area (Å²) in [7, 11) is 2.17. The lowest BCUT2D eigenvalue weighted by Gasteiger charge is -2.32. The second-order valence-electron chi connectivity index (χ2n) is 5.17. The van der Waals surface area contributed by atoms with E-state index in [-0.39, 0.29) is 0 Å². The van der Waals surface area contributed by atoms with Gasteiger partial charge in [0.25, 0.3) is 0 Å². The van der Waals surface area contributed by atoms with Gasteiger partial charge < -0.3 is 10.6 Å². The van der Waals surface area contributed by atoms with Crippen LogP contribution in [0.15, 0.2) is 6.20 Å². The summed E-state index contributed by atoms with van der Waals surface area (Å²) in [4.78, 5) is 4.80. The zero-order valence-corrected chi connectivity index (χ0v) is 11.1. The standard InChI is InChI=1S/C12H23N5/c1-10(2)17-12(13)11(8-14-17)9-16-6-4-15(3)5-7-16/h8,10H,4-7,9,13H2,1-3H3. The molecule has 1 aliphatic heterocycles. The summed E-state index contributed by atoms with van der Waals surface area (Å²) in [6.07, 6.45) is 1.91. The van der Waals surface area contributed by atoms with Crippen LogP contribution in [0.25, 0.3) is 0 Å². The summed E-state index contributed by atoms with van der Waals surface area (Å²) in [5, 5.41) is 4.35. The minimum Gasteiger partial charge on any atom is -0.384 e. The highest BCUT2D eigenvalue weighted by atomic mass is 15.3. The second kappa shape index (κ2) is 5.06. The number of anilines is 1. The molecule has 96 valence electrons. The van der Waals surface area contributed by atoms with Crippen molar-refractivity contribution in [2.24, 2.45) is 0 Å². The molecule has 2 N–H and O–H groups in total.